The van der Waals surface area contributed by atoms with Gasteiger partial charge in [-0.3, -0.25) is 14.3 Å². The number of aromatic nitrogens is 2. The van der Waals surface area contributed by atoms with Crippen molar-refractivity contribution in [1.29, 1.82) is 0 Å². The summed E-state index contributed by atoms with van der Waals surface area (Å²) in [5, 5.41) is 7.26. The quantitative estimate of drug-likeness (QED) is 0.921. The summed E-state index contributed by atoms with van der Waals surface area (Å²) in [6.45, 7) is 11.1. The molecule has 0 saturated carbocycles. The van der Waals surface area contributed by atoms with Gasteiger partial charge in [-0.1, -0.05) is 13.8 Å². The molecule has 6 heteroatoms. The molecular weight excluding hydrogens is 280 g/mol. The number of aryl methyl sites for hydroxylation is 1. The zero-order valence-corrected chi connectivity index (χ0v) is 14.1. The van der Waals surface area contributed by atoms with Crippen LogP contribution in [0.1, 0.15) is 56.2 Å². The molecular formula is C16H26N4O2. The maximum absolute atomic E-state index is 12.9. The smallest absolute Gasteiger partial charge is 0.258 e. The SMILES string of the molecule is Cc1nn(C(C)C)cc1C(=O)N1CCNC(=O)C1CC(C)C. The molecule has 1 aliphatic heterocycles. The van der Waals surface area contributed by atoms with Crippen LogP contribution < -0.4 is 5.32 Å². The second kappa shape index (κ2) is 6.50. The van der Waals surface area contributed by atoms with E-state index in [2.05, 4.69) is 24.3 Å². The molecule has 0 spiro atoms. The Bertz CT molecular complexity index is 562. The molecule has 1 unspecified atom stereocenters. The molecule has 6 nitrogen and oxygen atoms in total. The van der Waals surface area contributed by atoms with E-state index in [9.17, 15) is 9.59 Å². The minimum absolute atomic E-state index is 0.0535. The van der Waals surface area contributed by atoms with E-state index in [1.807, 2.05) is 20.8 Å². The first kappa shape index (κ1) is 16.5. The number of nitrogens with zero attached hydrogens (tertiary/aromatic N) is 3. The highest BCUT2D eigenvalue weighted by molar-refractivity contribution is 5.98. The maximum Gasteiger partial charge on any atom is 0.258 e. The molecule has 0 bridgehead atoms. The molecule has 2 heterocycles. The molecule has 1 fully saturated rings. The fraction of sp³-hybridized carbons (Fsp3) is 0.688. The summed E-state index contributed by atoms with van der Waals surface area (Å²) in [4.78, 5) is 26.7. The Hall–Kier alpha value is -1.85. The summed E-state index contributed by atoms with van der Waals surface area (Å²) >= 11 is 0. The highest BCUT2D eigenvalue weighted by Crippen LogP contribution is 2.19. The standard InChI is InChI=1S/C16H26N4O2/c1-10(2)8-14-15(21)17-6-7-19(14)16(22)13-9-20(11(3)4)18-12(13)5/h9-11,14H,6-8H2,1-5H3,(H,17,21). The minimum atomic E-state index is -0.386. The third-order valence-corrected chi connectivity index (χ3v) is 3.96. The third kappa shape index (κ3) is 3.31. The van der Waals surface area contributed by atoms with E-state index < -0.39 is 0 Å². The van der Waals surface area contributed by atoms with Crippen LogP contribution in [0.4, 0.5) is 0 Å². The predicted molar refractivity (Wildman–Crippen MR) is 84.6 cm³/mol. The molecule has 1 aromatic heterocycles. The highest BCUT2D eigenvalue weighted by atomic mass is 16.2. The van der Waals surface area contributed by atoms with Gasteiger partial charge in [0.2, 0.25) is 5.91 Å². The average Bonchev–Trinajstić information content (AvgIpc) is 2.82. The summed E-state index contributed by atoms with van der Waals surface area (Å²) in [5.74, 6) is 0.204. The Labute approximate surface area is 131 Å². The van der Waals surface area contributed by atoms with Crippen molar-refractivity contribution in [3.05, 3.63) is 17.5 Å². The second-order valence-electron chi connectivity index (χ2n) is 6.64. The zero-order chi connectivity index (χ0) is 16.4. The van der Waals surface area contributed by atoms with Gasteiger partial charge in [-0.25, -0.2) is 0 Å². The molecule has 1 aliphatic rings. The van der Waals surface area contributed by atoms with Crippen LogP contribution >= 0.6 is 0 Å². The predicted octanol–water partition coefficient (Wildman–Crippen LogP) is 1.76. The summed E-state index contributed by atoms with van der Waals surface area (Å²) < 4.78 is 1.80. The third-order valence-electron chi connectivity index (χ3n) is 3.96. The topological polar surface area (TPSA) is 67.2 Å². The molecule has 1 aromatic rings. The molecule has 22 heavy (non-hydrogen) atoms. The molecule has 2 rings (SSSR count). The number of carbonyl (C=O) groups is 2. The summed E-state index contributed by atoms with van der Waals surface area (Å²) in [5.41, 5.74) is 1.31. The van der Waals surface area contributed by atoms with E-state index in [1.165, 1.54) is 0 Å². The minimum Gasteiger partial charge on any atom is -0.353 e. The lowest BCUT2D eigenvalue weighted by molar-refractivity contribution is -0.128. The second-order valence-corrected chi connectivity index (χ2v) is 6.64. The number of nitrogens with one attached hydrogen (secondary N) is 1. The lowest BCUT2D eigenvalue weighted by Crippen LogP contribution is -2.57. The highest BCUT2D eigenvalue weighted by Gasteiger charge is 2.35. The Balaban J connectivity index is 2.27. The summed E-state index contributed by atoms with van der Waals surface area (Å²) in [7, 11) is 0. The first-order valence-corrected chi connectivity index (χ1v) is 7.95. The normalized spacial score (nSPS) is 19.0. The summed E-state index contributed by atoms with van der Waals surface area (Å²) in [6.07, 6.45) is 2.47. The van der Waals surface area contributed by atoms with Crippen LogP contribution in [0.5, 0.6) is 0 Å². The Morgan fingerprint density at radius 1 is 1.41 bits per heavy atom. The van der Waals surface area contributed by atoms with Crippen molar-refractivity contribution in [3.8, 4) is 0 Å². The van der Waals surface area contributed by atoms with Crippen LogP contribution in [-0.4, -0.2) is 45.6 Å². The van der Waals surface area contributed by atoms with Crippen LogP contribution in [0, 0.1) is 12.8 Å². The molecule has 0 radical (unpaired) electrons. The fourth-order valence-corrected chi connectivity index (χ4v) is 2.75. The van der Waals surface area contributed by atoms with Crippen molar-refractivity contribution < 1.29 is 9.59 Å². The van der Waals surface area contributed by atoms with E-state index >= 15 is 0 Å². The van der Waals surface area contributed by atoms with E-state index in [0.717, 1.165) is 0 Å². The zero-order valence-electron chi connectivity index (χ0n) is 14.1. The molecule has 0 aliphatic carbocycles. The van der Waals surface area contributed by atoms with Gasteiger partial charge >= 0.3 is 0 Å². The molecule has 122 valence electrons. The van der Waals surface area contributed by atoms with Crippen molar-refractivity contribution in [2.24, 2.45) is 5.92 Å². The Kier molecular flexibility index (Phi) is 4.88. The molecule has 2 amide bonds. The number of piperazine rings is 1. The van der Waals surface area contributed by atoms with Gasteiger partial charge in [0.05, 0.1) is 11.3 Å². The lowest BCUT2D eigenvalue weighted by atomic mass is 9.99. The number of amides is 2. The van der Waals surface area contributed by atoms with E-state index in [1.54, 1.807) is 15.8 Å². The van der Waals surface area contributed by atoms with E-state index in [4.69, 9.17) is 0 Å². The van der Waals surface area contributed by atoms with Crippen LogP contribution in [0.3, 0.4) is 0 Å². The van der Waals surface area contributed by atoms with Gasteiger partial charge in [-0.2, -0.15) is 5.10 Å². The van der Waals surface area contributed by atoms with Gasteiger partial charge in [0, 0.05) is 25.3 Å². The van der Waals surface area contributed by atoms with Crippen LogP contribution in [0.25, 0.3) is 0 Å². The van der Waals surface area contributed by atoms with Crippen LogP contribution in [0.2, 0.25) is 0 Å². The van der Waals surface area contributed by atoms with Crippen molar-refractivity contribution in [2.45, 2.75) is 53.1 Å². The van der Waals surface area contributed by atoms with Crippen molar-refractivity contribution >= 4 is 11.8 Å². The van der Waals surface area contributed by atoms with Gasteiger partial charge in [0.1, 0.15) is 6.04 Å². The Morgan fingerprint density at radius 3 is 2.64 bits per heavy atom. The van der Waals surface area contributed by atoms with Gasteiger partial charge in [-0.15, -0.1) is 0 Å². The van der Waals surface area contributed by atoms with Gasteiger partial charge in [0.25, 0.3) is 5.91 Å². The van der Waals surface area contributed by atoms with E-state index in [-0.39, 0.29) is 23.9 Å². The van der Waals surface area contributed by atoms with Crippen molar-refractivity contribution in [2.75, 3.05) is 13.1 Å². The largest absolute Gasteiger partial charge is 0.353 e. The average molecular weight is 306 g/mol. The maximum atomic E-state index is 12.9. The molecule has 1 N–H and O–H groups in total. The fourth-order valence-electron chi connectivity index (χ4n) is 2.75. The first-order chi connectivity index (χ1) is 10.3. The van der Waals surface area contributed by atoms with E-state index in [0.29, 0.717) is 36.7 Å². The number of hydrogen-bond acceptors (Lipinski definition) is 3. The van der Waals surface area contributed by atoms with Gasteiger partial charge in [-0.05, 0) is 33.1 Å². The number of hydrogen-bond donors (Lipinski definition) is 1. The van der Waals surface area contributed by atoms with Crippen molar-refractivity contribution in [1.82, 2.24) is 20.0 Å². The molecule has 1 saturated heterocycles. The lowest BCUT2D eigenvalue weighted by Gasteiger charge is -2.35. The Morgan fingerprint density at radius 2 is 2.09 bits per heavy atom. The van der Waals surface area contributed by atoms with Crippen molar-refractivity contribution in [3.63, 3.8) is 0 Å². The van der Waals surface area contributed by atoms with Gasteiger partial charge in [0.15, 0.2) is 0 Å². The molecule has 0 aromatic carbocycles. The summed E-state index contributed by atoms with van der Waals surface area (Å²) in [6, 6.07) is -0.181. The van der Waals surface area contributed by atoms with Gasteiger partial charge < -0.3 is 10.2 Å². The first-order valence-electron chi connectivity index (χ1n) is 7.95. The van der Waals surface area contributed by atoms with Crippen LogP contribution in [0.15, 0.2) is 6.20 Å². The van der Waals surface area contributed by atoms with Crippen LogP contribution in [-0.2, 0) is 4.79 Å². The molecule has 1 atom stereocenters. The number of rotatable bonds is 4. The monoisotopic (exact) mass is 306 g/mol. The number of carbonyl (C=O) groups excluding carboxylic acids is 2.